The summed E-state index contributed by atoms with van der Waals surface area (Å²) in [6.07, 6.45) is 2.97. The van der Waals surface area contributed by atoms with Crippen LogP contribution in [0.1, 0.15) is 32.5 Å². The Morgan fingerprint density at radius 3 is 2.65 bits per heavy atom. The lowest BCUT2D eigenvalue weighted by molar-refractivity contribution is -0.129. The van der Waals surface area contributed by atoms with Gasteiger partial charge in [0, 0.05) is 23.4 Å². The highest BCUT2D eigenvalue weighted by Gasteiger charge is 2.27. The highest BCUT2D eigenvalue weighted by atomic mass is 16.2. The SMILES string of the molecule is CC(C)(C)C(=O)NC(c1cccnc1)n1nnc2ccccc21. The molecule has 0 fully saturated rings. The Morgan fingerprint density at radius 1 is 1.17 bits per heavy atom. The fourth-order valence-corrected chi connectivity index (χ4v) is 2.24. The highest BCUT2D eigenvalue weighted by molar-refractivity contribution is 5.82. The average molecular weight is 309 g/mol. The minimum absolute atomic E-state index is 0.0639. The lowest BCUT2D eigenvalue weighted by atomic mass is 9.95. The van der Waals surface area contributed by atoms with Crippen LogP contribution in [-0.2, 0) is 4.79 Å². The quantitative estimate of drug-likeness (QED) is 0.807. The van der Waals surface area contributed by atoms with E-state index in [-0.39, 0.29) is 5.91 Å². The number of carbonyl (C=O) groups excluding carboxylic acids is 1. The van der Waals surface area contributed by atoms with E-state index in [1.54, 1.807) is 17.1 Å². The number of para-hydroxylation sites is 1. The van der Waals surface area contributed by atoms with Gasteiger partial charge in [-0.15, -0.1) is 5.10 Å². The van der Waals surface area contributed by atoms with Crippen molar-refractivity contribution in [1.29, 1.82) is 0 Å². The fraction of sp³-hybridized carbons (Fsp3) is 0.294. The first-order valence-electron chi connectivity index (χ1n) is 7.47. The van der Waals surface area contributed by atoms with E-state index in [1.807, 2.05) is 57.2 Å². The van der Waals surface area contributed by atoms with Crippen LogP contribution in [0.5, 0.6) is 0 Å². The van der Waals surface area contributed by atoms with Gasteiger partial charge in [0.15, 0.2) is 6.17 Å². The Labute approximate surface area is 134 Å². The molecule has 3 rings (SSSR count). The standard InChI is InChI=1S/C17H19N5O/c1-17(2,3)16(23)19-15(12-7-6-10-18-11-12)22-14-9-5-4-8-13(14)20-21-22/h4-11,15H,1-3H3,(H,19,23). The third kappa shape index (κ3) is 3.06. The van der Waals surface area contributed by atoms with Crippen LogP contribution in [0.2, 0.25) is 0 Å². The second-order valence-corrected chi connectivity index (χ2v) is 6.44. The number of aromatic nitrogens is 4. The molecule has 118 valence electrons. The predicted octanol–water partition coefficient (Wildman–Crippen LogP) is 2.54. The molecule has 1 atom stereocenters. The molecule has 0 bridgehead atoms. The van der Waals surface area contributed by atoms with Gasteiger partial charge < -0.3 is 5.32 Å². The molecular formula is C17H19N5O. The Balaban J connectivity index is 2.07. The molecule has 1 aromatic carbocycles. The van der Waals surface area contributed by atoms with Crippen molar-refractivity contribution in [2.45, 2.75) is 26.9 Å². The molecule has 0 saturated carbocycles. The van der Waals surface area contributed by atoms with Crippen molar-refractivity contribution in [3.05, 3.63) is 54.4 Å². The molecule has 0 aliphatic carbocycles. The smallest absolute Gasteiger partial charge is 0.227 e. The van der Waals surface area contributed by atoms with E-state index in [2.05, 4.69) is 20.6 Å². The normalized spacial score (nSPS) is 13.0. The van der Waals surface area contributed by atoms with Crippen LogP contribution in [0.25, 0.3) is 11.0 Å². The molecule has 1 amide bonds. The number of hydrogen-bond acceptors (Lipinski definition) is 4. The van der Waals surface area contributed by atoms with Gasteiger partial charge in [0.1, 0.15) is 5.52 Å². The summed E-state index contributed by atoms with van der Waals surface area (Å²) in [6, 6.07) is 11.4. The molecule has 23 heavy (non-hydrogen) atoms. The van der Waals surface area contributed by atoms with Gasteiger partial charge in [-0.2, -0.15) is 0 Å². The third-order valence-corrected chi connectivity index (χ3v) is 3.57. The van der Waals surface area contributed by atoms with Crippen molar-refractivity contribution in [2.24, 2.45) is 5.41 Å². The molecule has 1 N–H and O–H groups in total. The van der Waals surface area contributed by atoms with Gasteiger partial charge in [0.05, 0.1) is 5.52 Å². The molecule has 2 aromatic heterocycles. The number of amides is 1. The van der Waals surface area contributed by atoms with Gasteiger partial charge in [0.25, 0.3) is 0 Å². The number of rotatable bonds is 3. The molecule has 3 aromatic rings. The Morgan fingerprint density at radius 2 is 1.96 bits per heavy atom. The summed E-state index contributed by atoms with van der Waals surface area (Å²) >= 11 is 0. The van der Waals surface area contributed by atoms with Gasteiger partial charge in [-0.3, -0.25) is 9.78 Å². The Kier molecular flexibility index (Phi) is 3.82. The predicted molar refractivity (Wildman–Crippen MR) is 87.5 cm³/mol. The van der Waals surface area contributed by atoms with Crippen molar-refractivity contribution in [1.82, 2.24) is 25.3 Å². The maximum Gasteiger partial charge on any atom is 0.227 e. The van der Waals surface area contributed by atoms with Gasteiger partial charge in [-0.1, -0.05) is 44.2 Å². The minimum atomic E-state index is -0.503. The second kappa shape index (κ2) is 5.79. The molecule has 6 nitrogen and oxygen atoms in total. The summed E-state index contributed by atoms with van der Waals surface area (Å²) in [6.45, 7) is 5.63. The van der Waals surface area contributed by atoms with Gasteiger partial charge in [0.2, 0.25) is 5.91 Å². The highest BCUT2D eigenvalue weighted by Crippen LogP contribution is 2.22. The third-order valence-electron chi connectivity index (χ3n) is 3.57. The zero-order valence-electron chi connectivity index (χ0n) is 13.4. The fourth-order valence-electron chi connectivity index (χ4n) is 2.24. The van der Waals surface area contributed by atoms with E-state index in [0.29, 0.717) is 0 Å². The van der Waals surface area contributed by atoms with E-state index < -0.39 is 11.6 Å². The molecule has 0 aliphatic heterocycles. The topological polar surface area (TPSA) is 72.7 Å². The van der Waals surface area contributed by atoms with Crippen molar-refractivity contribution in [3.63, 3.8) is 0 Å². The second-order valence-electron chi connectivity index (χ2n) is 6.44. The van der Waals surface area contributed by atoms with E-state index >= 15 is 0 Å². The van der Waals surface area contributed by atoms with Gasteiger partial charge >= 0.3 is 0 Å². The Hall–Kier alpha value is -2.76. The summed E-state index contributed by atoms with van der Waals surface area (Å²) in [5.41, 5.74) is 1.99. The molecule has 0 spiro atoms. The number of nitrogens with zero attached hydrogens (tertiary/aromatic N) is 4. The first-order valence-corrected chi connectivity index (χ1v) is 7.47. The number of hydrogen-bond donors (Lipinski definition) is 1. The molecule has 2 heterocycles. The summed E-state index contributed by atoms with van der Waals surface area (Å²) in [5, 5.41) is 11.5. The van der Waals surface area contributed by atoms with Crippen molar-refractivity contribution in [3.8, 4) is 0 Å². The van der Waals surface area contributed by atoms with Crippen LogP contribution >= 0.6 is 0 Å². The molecule has 1 unspecified atom stereocenters. The minimum Gasteiger partial charge on any atom is -0.330 e. The lowest BCUT2D eigenvalue weighted by Crippen LogP contribution is -2.40. The average Bonchev–Trinajstić information content (AvgIpc) is 2.96. The monoisotopic (exact) mass is 309 g/mol. The molecule has 0 aliphatic rings. The van der Waals surface area contributed by atoms with Crippen LogP contribution in [0.3, 0.4) is 0 Å². The van der Waals surface area contributed by atoms with Gasteiger partial charge in [-0.05, 0) is 18.2 Å². The van der Waals surface area contributed by atoms with Crippen LogP contribution in [-0.4, -0.2) is 25.9 Å². The van der Waals surface area contributed by atoms with E-state index in [9.17, 15) is 4.79 Å². The van der Waals surface area contributed by atoms with E-state index in [4.69, 9.17) is 0 Å². The van der Waals surface area contributed by atoms with Gasteiger partial charge in [-0.25, -0.2) is 4.68 Å². The van der Waals surface area contributed by atoms with Crippen molar-refractivity contribution in [2.75, 3.05) is 0 Å². The zero-order valence-corrected chi connectivity index (χ0v) is 13.4. The summed E-state index contributed by atoms with van der Waals surface area (Å²) < 4.78 is 1.72. The number of benzene rings is 1. The number of carbonyl (C=O) groups is 1. The van der Waals surface area contributed by atoms with Crippen molar-refractivity contribution >= 4 is 16.9 Å². The zero-order chi connectivity index (χ0) is 16.4. The van der Waals surface area contributed by atoms with Crippen LogP contribution in [0.15, 0.2) is 48.8 Å². The maximum atomic E-state index is 12.5. The van der Waals surface area contributed by atoms with Crippen LogP contribution in [0.4, 0.5) is 0 Å². The summed E-state index contributed by atoms with van der Waals surface area (Å²) in [5.74, 6) is -0.0639. The molecule has 0 radical (unpaired) electrons. The number of fused-ring (bicyclic) bond motifs is 1. The maximum absolute atomic E-state index is 12.5. The first-order chi connectivity index (χ1) is 11.0. The number of nitrogens with one attached hydrogen (secondary N) is 1. The van der Waals surface area contributed by atoms with E-state index in [0.717, 1.165) is 16.6 Å². The summed E-state index contributed by atoms with van der Waals surface area (Å²) in [4.78, 5) is 16.6. The molecule has 6 heteroatoms. The van der Waals surface area contributed by atoms with Crippen molar-refractivity contribution < 1.29 is 4.79 Å². The number of pyridine rings is 1. The summed E-state index contributed by atoms with van der Waals surface area (Å²) in [7, 11) is 0. The Bertz CT molecular complexity index is 820. The molecular weight excluding hydrogens is 290 g/mol. The van der Waals surface area contributed by atoms with E-state index in [1.165, 1.54) is 0 Å². The van der Waals surface area contributed by atoms with Crippen LogP contribution in [0, 0.1) is 5.41 Å². The van der Waals surface area contributed by atoms with Crippen LogP contribution < -0.4 is 5.32 Å². The lowest BCUT2D eigenvalue weighted by Gasteiger charge is -2.24. The first kappa shape index (κ1) is 15.1. The molecule has 0 saturated heterocycles. The largest absolute Gasteiger partial charge is 0.330 e.